The Morgan fingerprint density at radius 2 is 1.43 bits per heavy atom. The van der Waals surface area contributed by atoms with Gasteiger partial charge in [0.25, 0.3) is 11.8 Å². The molecule has 7 heteroatoms. The van der Waals surface area contributed by atoms with Crippen LogP contribution in [0.15, 0.2) is 78.9 Å². The maximum atomic E-state index is 13.1. The van der Waals surface area contributed by atoms with Gasteiger partial charge in [0.1, 0.15) is 11.9 Å². The van der Waals surface area contributed by atoms with Gasteiger partial charge in [-0.25, -0.2) is 4.39 Å². The van der Waals surface area contributed by atoms with Gasteiger partial charge in [0.2, 0.25) is 0 Å². The molecular weight excluding hydrogens is 361 g/mol. The van der Waals surface area contributed by atoms with Crippen LogP contribution in [0, 0.1) is 5.82 Å². The zero-order valence-electron chi connectivity index (χ0n) is 14.7. The van der Waals surface area contributed by atoms with Gasteiger partial charge < -0.3 is 10.6 Å². The SMILES string of the molecule is O=C(N[C@H](C(=O)Nc1ccc(NO)cc1)c1ccccc1)c1ccc(F)cc1. The minimum Gasteiger partial charge on any atom is -0.336 e. The van der Waals surface area contributed by atoms with Crippen LogP contribution in [0.3, 0.4) is 0 Å². The van der Waals surface area contributed by atoms with Crippen LogP contribution in [0.5, 0.6) is 0 Å². The van der Waals surface area contributed by atoms with Crippen molar-refractivity contribution in [3.63, 3.8) is 0 Å². The van der Waals surface area contributed by atoms with Crippen LogP contribution in [0.25, 0.3) is 0 Å². The molecule has 6 nitrogen and oxygen atoms in total. The maximum Gasteiger partial charge on any atom is 0.252 e. The molecule has 0 fully saturated rings. The number of rotatable bonds is 6. The van der Waals surface area contributed by atoms with Crippen molar-refractivity contribution in [2.75, 3.05) is 10.8 Å². The number of halogens is 1. The summed E-state index contributed by atoms with van der Waals surface area (Å²) >= 11 is 0. The molecule has 4 N–H and O–H groups in total. The number of carbonyl (C=O) groups excluding carboxylic acids is 2. The van der Waals surface area contributed by atoms with E-state index in [1.54, 1.807) is 54.6 Å². The number of benzene rings is 3. The molecule has 142 valence electrons. The normalized spacial score (nSPS) is 11.4. The van der Waals surface area contributed by atoms with Crippen LogP contribution >= 0.6 is 0 Å². The number of hydrogen-bond acceptors (Lipinski definition) is 4. The molecular formula is C21H18FN3O3. The zero-order chi connectivity index (χ0) is 19.9. The fraction of sp³-hybridized carbons (Fsp3) is 0.0476. The van der Waals surface area contributed by atoms with Crippen molar-refractivity contribution in [3.05, 3.63) is 95.8 Å². The fourth-order valence-corrected chi connectivity index (χ4v) is 2.60. The standard InChI is InChI=1S/C21H18FN3O3/c22-16-8-6-15(7-9-16)20(26)24-19(14-4-2-1-3-5-14)21(27)23-17-10-12-18(25-28)13-11-17/h1-13,19,25,28H,(H,23,27)(H,24,26)/t19-/m0/s1. The molecule has 0 heterocycles. The van der Waals surface area contributed by atoms with Gasteiger partial charge in [-0.05, 0) is 54.1 Å². The van der Waals surface area contributed by atoms with Crippen molar-refractivity contribution >= 4 is 23.2 Å². The molecule has 3 aromatic rings. The van der Waals surface area contributed by atoms with E-state index >= 15 is 0 Å². The topological polar surface area (TPSA) is 90.5 Å². The molecule has 0 saturated heterocycles. The lowest BCUT2D eigenvalue weighted by Crippen LogP contribution is -2.37. The summed E-state index contributed by atoms with van der Waals surface area (Å²) in [7, 11) is 0. The van der Waals surface area contributed by atoms with Gasteiger partial charge in [-0.2, -0.15) is 0 Å². The van der Waals surface area contributed by atoms with Gasteiger partial charge >= 0.3 is 0 Å². The maximum absolute atomic E-state index is 13.1. The van der Waals surface area contributed by atoms with Crippen LogP contribution in [0.1, 0.15) is 22.0 Å². The van der Waals surface area contributed by atoms with Crippen molar-refractivity contribution < 1.29 is 19.2 Å². The second kappa shape index (κ2) is 8.79. The molecule has 0 bridgehead atoms. The first-order valence-electron chi connectivity index (χ1n) is 8.49. The summed E-state index contributed by atoms with van der Waals surface area (Å²) in [5, 5.41) is 14.3. The average molecular weight is 379 g/mol. The number of nitrogens with one attached hydrogen (secondary N) is 3. The highest BCUT2D eigenvalue weighted by Crippen LogP contribution is 2.18. The van der Waals surface area contributed by atoms with Crippen LogP contribution in [0.4, 0.5) is 15.8 Å². The largest absolute Gasteiger partial charge is 0.336 e. The smallest absolute Gasteiger partial charge is 0.252 e. The Labute approximate surface area is 161 Å². The van der Waals surface area contributed by atoms with Crippen molar-refractivity contribution in [3.8, 4) is 0 Å². The Morgan fingerprint density at radius 3 is 2.04 bits per heavy atom. The second-order valence-corrected chi connectivity index (χ2v) is 6.00. The first-order chi connectivity index (χ1) is 13.6. The van der Waals surface area contributed by atoms with Gasteiger partial charge in [0.15, 0.2) is 0 Å². The van der Waals surface area contributed by atoms with E-state index in [1.165, 1.54) is 24.3 Å². The molecule has 0 aliphatic rings. The molecule has 0 saturated carbocycles. The van der Waals surface area contributed by atoms with Gasteiger partial charge in [-0.3, -0.25) is 20.3 Å². The van der Waals surface area contributed by atoms with E-state index in [-0.39, 0.29) is 5.56 Å². The Balaban J connectivity index is 1.81. The summed E-state index contributed by atoms with van der Waals surface area (Å²) in [6.45, 7) is 0. The van der Waals surface area contributed by atoms with E-state index in [4.69, 9.17) is 5.21 Å². The summed E-state index contributed by atoms with van der Waals surface area (Å²) in [6.07, 6.45) is 0. The van der Waals surface area contributed by atoms with E-state index in [0.29, 0.717) is 16.9 Å². The lowest BCUT2D eigenvalue weighted by Gasteiger charge is -2.19. The van der Waals surface area contributed by atoms with Crippen LogP contribution < -0.4 is 16.1 Å². The predicted octanol–water partition coefficient (Wildman–Crippen LogP) is 3.74. The molecule has 0 aliphatic carbocycles. The summed E-state index contributed by atoms with van der Waals surface area (Å²) in [5.74, 6) is -1.38. The first kappa shape index (κ1) is 19.1. The number of anilines is 2. The summed E-state index contributed by atoms with van der Waals surface area (Å²) in [6, 6.07) is 19.3. The highest BCUT2D eigenvalue weighted by atomic mass is 19.1. The van der Waals surface area contributed by atoms with Crippen molar-refractivity contribution in [2.45, 2.75) is 6.04 Å². The van der Waals surface area contributed by atoms with Crippen LogP contribution in [-0.2, 0) is 4.79 Å². The third-order valence-electron chi connectivity index (χ3n) is 4.06. The monoisotopic (exact) mass is 379 g/mol. The quantitative estimate of drug-likeness (QED) is 0.491. The predicted molar refractivity (Wildman–Crippen MR) is 104 cm³/mol. The molecule has 3 rings (SSSR count). The summed E-state index contributed by atoms with van der Waals surface area (Å²) in [5.41, 5.74) is 3.83. The molecule has 1 atom stereocenters. The lowest BCUT2D eigenvalue weighted by atomic mass is 10.0. The van der Waals surface area contributed by atoms with Gasteiger partial charge in [-0.15, -0.1) is 0 Å². The fourth-order valence-electron chi connectivity index (χ4n) is 2.60. The van der Waals surface area contributed by atoms with E-state index in [2.05, 4.69) is 10.6 Å². The second-order valence-electron chi connectivity index (χ2n) is 6.00. The van der Waals surface area contributed by atoms with Crippen molar-refractivity contribution in [1.29, 1.82) is 0 Å². The summed E-state index contributed by atoms with van der Waals surface area (Å²) in [4.78, 5) is 25.4. The van der Waals surface area contributed by atoms with Gasteiger partial charge in [-0.1, -0.05) is 30.3 Å². The van der Waals surface area contributed by atoms with Gasteiger partial charge in [0, 0.05) is 11.3 Å². The number of hydrogen-bond donors (Lipinski definition) is 4. The van der Waals surface area contributed by atoms with E-state index in [0.717, 1.165) is 0 Å². The molecule has 0 radical (unpaired) electrons. The molecule has 28 heavy (non-hydrogen) atoms. The van der Waals surface area contributed by atoms with Crippen LogP contribution in [-0.4, -0.2) is 17.0 Å². The highest BCUT2D eigenvalue weighted by Gasteiger charge is 2.23. The van der Waals surface area contributed by atoms with Crippen molar-refractivity contribution in [2.24, 2.45) is 0 Å². The average Bonchev–Trinajstić information content (AvgIpc) is 2.73. The Hall–Kier alpha value is -3.71. The van der Waals surface area contributed by atoms with E-state index in [9.17, 15) is 14.0 Å². The zero-order valence-corrected chi connectivity index (χ0v) is 14.7. The lowest BCUT2D eigenvalue weighted by molar-refractivity contribution is -0.118. The molecule has 0 aliphatic heterocycles. The first-order valence-corrected chi connectivity index (χ1v) is 8.49. The third-order valence-corrected chi connectivity index (χ3v) is 4.06. The van der Waals surface area contributed by atoms with Crippen LogP contribution in [0.2, 0.25) is 0 Å². The molecule has 3 aromatic carbocycles. The van der Waals surface area contributed by atoms with Gasteiger partial charge in [0.05, 0.1) is 5.69 Å². The third kappa shape index (κ3) is 4.72. The van der Waals surface area contributed by atoms with Crippen molar-refractivity contribution in [1.82, 2.24) is 5.32 Å². The number of amides is 2. The minimum atomic E-state index is -0.950. The molecule has 0 unspecified atom stereocenters. The van der Waals surface area contributed by atoms with E-state index < -0.39 is 23.7 Å². The minimum absolute atomic E-state index is 0.244. The molecule has 0 aromatic heterocycles. The van der Waals surface area contributed by atoms with E-state index in [1.807, 2.05) is 5.48 Å². The highest BCUT2D eigenvalue weighted by molar-refractivity contribution is 6.01. The number of carbonyl (C=O) groups is 2. The Morgan fingerprint density at radius 1 is 0.821 bits per heavy atom. The Kier molecular flexibility index (Phi) is 5.98. The Bertz CT molecular complexity index is 945. The molecule has 0 spiro atoms. The molecule has 2 amide bonds. The summed E-state index contributed by atoms with van der Waals surface area (Å²) < 4.78 is 13.1.